The highest BCUT2D eigenvalue weighted by molar-refractivity contribution is 7.11. The number of nitrogens with one attached hydrogen (secondary N) is 2. The van der Waals surface area contributed by atoms with E-state index in [1.165, 1.54) is 11.3 Å². The van der Waals surface area contributed by atoms with Crippen molar-refractivity contribution in [2.24, 2.45) is 0 Å². The van der Waals surface area contributed by atoms with Crippen LogP contribution in [0.4, 0.5) is 0 Å². The van der Waals surface area contributed by atoms with Crippen molar-refractivity contribution in [1.82, 2.24) is 25.3 Å². The molecule has 1 amide bonds. The van der Waals surface area contributed by atoms with Crippen molar-refractivity contribution in [2.45, 2.75) is 51.5 Å². The van der Waals surface area contributed by atoms with E-state index in [0.717, 1.165) is 54.0 Å². The standard InChI is InChI=1S/C25H27N5O2S2/c1-2-19(31)6-4-3-5-7-20(30-25(32)23-13-26-15-34-23)24-27-12-21(29-24)17-8-10-18(11-9-17)22-14-33-16-28-22/h8-16,20H,2-7H2,1H3,(H,27,29)(H,30,32)/t20-/m0/s1. The Morgan fingerprint density at radius 3 is 2.56 bits per heavy atom. The number of hydrogen-bond acceptors (Lipinski definition) is 7. The third-order valence-corrected chi connectivity index (χ3v) is 7.01. The Morgan fingerprint density at radius 2 is 1.85 bits per heavy atom. The van der Waals surface area contributed by atoms with Gasteiger partial charge in [-0.2, -0.15) is 0 Å². The van der Waals surface area contributed by atoms with Crippen LogP contribution in [0.1, 0.15) is 67.0 Å². The van der Waals surface area contributed by atoms with Crippen LogP contribution in [0.15, 0.2) is 53.1 Å². The van der Waals surface area contributed by atoms with Gasteiger partial charge in [-0.25, -0.2) is 9.97 Å². The van der Waals surface area contributed by atoms with Crippen LogP contribution in [0.3, 0.4) is 0 Å². The topological polar surface area (TPSA) is 101 Å². The number of carbonyl (C=O) groups is 2. The molecule has 0 aliphatic carbocycles. The van der Waals surface area contributed by atoms with Crippen LogP contribution in [0.25, 0.3) is 22.5 Å². The Bertz CT molecular complexity index is 1180. The molecule has 9 heteroatoms. The smallest absolute Gasteiger partial charge is 0.263 e. The highest BCUT2D eigenvalue weighted by atomic mass is 32.1. The molecule has 0 bridgehead atoms. The van der Waals surface area contributed by atoms with Gasteiger partial charge in [0.15, 0.2) is 0 Å². The van der Waals surface area contributed by atoms with Gasteiger partial charge in [-0.1, -0.05) is 44.0 Å². The first kappa shape index (κ1) is 24.0. The summed E-state index contributed by atoms with van der Waals surface area (Å²) in [5, 5.41) is 5.13. The minimum Gasteiger partial charge on any atom is -0.341 e. The number of rotatable bonds is 12. The summed E-state index contributed by atoms with van der Waals surface area (Å²) in [4.78, 5) is 41.2. The predicted octanol–water partition coefficient (Wildman–Crippen LogP) is 6.06. The van der Waals surface area contributed by atoms with Crippen molar-refractivity contribution in [3.63, 3.8) is 0 Å². The fourth-order valence-electron chi connectivity index (χ4n) is 3.69. The van der Waals surface area contributed by atoms with Gasteiger partial charge >= 0.3 is 0 Å². The molecule has 0 saturated carbocycles. The fourth-order valence-corrected chi connectivity index (χ4v) is 4.78. The molecule has 0 fully saturated rings. The first-order chi connectivity index (χ1) is 16.6. The molecule has 7 nitrogen and oxygen atoms in total. The van der Waals surface area contributed by atoms with Crippen molar-refractivity contribution in [3.8, 4) is 22.5 Å². The molecule has 0 aliphatic heterocycles. The SMILES string of the molecule is CCC(=O)CCCCC[C@H](NC(=O)c1cncs1)c1ncc(-c2ccc(-c3cscn3)cc2)[nH]1. The van der Waals surface area contributed by atoms with E-state index in [1.807, 2.05) is 42.1 Å². The summed E-state index contributed by atoms with van der Waals surface area (Å²) in [6.07, 6.45) is 8.03. The van der Waals surface area contributed by atoms with E-state index in [-0.39, 0.29) is 11.9 Å². The first-order valence-electron chi connectivity index (χ1n) is 11.4. The number of amides is 1. The number of nitrogens with zero attached hydrogens (tertiary/aromatic N) is 3. The van der Waals surface area contributed by atoms with Crippen molar-refractivity contribution in [2.75, 3.05) is 0 Å². The van der Waals surface area contributed by atoms with E-state index in [2.05, 4.69) is 25.3 Å². The Labute approximate surface area is 206 Å². The third kappa shape index (κ3) is 6.24. The molecule has 3 aromatic heterocycles. The number of hydrogen-bond donors (Lipinski definition) is 2. The van der Waals surface area contributed by atoms with Crippen LogP contribution in [-0.2, 0) is 4.79 Å². The van der Waals surface area contributed by atoms with E-state index in [4.69, 9.17) is 0 Å². The number of carbonyl (C=O) groups excluding carboxylic acids is 2. The molecule has 4 rings (SSSR count). The number of aromatic amines is 1. The summed E-state index contributed by atoms with van der Waals surface area (Å²) in [6, 6.07) is 7.93. The molecule has 3 heterocycles. The Morgan fingerprint density at radius 1 is 1.03 bits per heavy atom. The van der Waals surface area contributed by atoms with Crippen LogP contribution in [0.5, 0.6) is 0 Å². The summed E-state index contributed by atoms with van der Waals surface area (Å²) in [7, 11) is 0. The number of H-pyrrole nitrogens is 1. The number of ketones is 1. The number of Topliss-reactive ketones (excluding diaryl/α,β-unsaturated/α-hetero) is 1. The molecular formula is C25H27N5O2S2. The highest BCUT2D eigenvalue weighted by Gasteiger charge is 2.20. The molecule has 1 atom stereocenters. The molecule has 2 N–H and O–H groups in total. The van der Waals surface area contributed by atoms with Crippen molar-refractivity contribution >= 4 is 34.4 Å². The van der Waals surface area contributed by atoms with Gasteiger partial charge in [-0.3, -0.25) is 14.6 Å². The lowest BCUT2D eigenvalue weighted by Gasteiger charge is -2.16. The zero-order chi connectivity index (χ0) is 23.8. The van der Waals surface area contributed by atoms with Crippen molar-refractivity contribution < 1.29 is 9.59 Å². The average Bonchev–Trinajstić information content (AvgIpc) is 3.65. The molecule has 0 aliphatic rings. The van der Waals surface area contributed by atoms with Gasteiger partial charge in [-0.05, 0) is 18.4 Å². The Kier molecular flexibility index (Phi) is 8.32. The van der Waals surface area contributed by atoms with E-state index in [9.17, 15) is 9.59 Å². The molecule has 0 unspecified atom stereocenters. The molecule has 4 aromatic rings. The number of thiazole rings is 2. The van der Waals surface area contributed by atoms with Gasteiger partial charge < -0.3 is 10.3 Å². The van der Waals surface area contributed by atoms with E-state index in [1.54, 1.807) is 29.2 Å². The maximum absolute atomic E-state index is 12.7. The lowest BCUT2D eigenvalue weighted by Crippen LogP contribution is -2.28. The number of unbranched alkanes of at least 4 members (excludes halogenated alkanes) is 2. The summed E-state index contributed by atoms with van der Waals surface area (Å²) in [5.41, 5.74) is 7.42. The zero-order valence-corrected chi connectivity index (χ0v) is 20.6. The van der Waals surface area contributed by atoms with Crippen LogP contribution >= 0.6 is 22.7 Å². The number of imidazole rings is 1. The predicted molar refractivity (Wildman–Crippen MR) is 136 cm³/mol. The number of benzene rings is 1. The lowest BCUT2D eigenvalue weighted by atomic mass is 10.0. The van der Waals surface area contributed by atoms with Crippen molar-refractivity contribution in [3.05, 3.63) is 63.8 Å². The lowest BCUT2D eigenvalue weighted by molar-refractivity contribution is -0.118. The maximum Gasteiger partial charge on any atom is 0.263 e. The molecule has 1 aromatic carbocycles. The molecule has 176 valence electrons. The normalized spacial score (nSPS) is 11.9. The second-order valence-electron chi connectivity index (χ2n) is 8.02. The monoisotopic (exact) mass is 493 g/mol. The molecule has 34 heavy (non-hydrogen) atoms. The quantitative estimate of drug-likeness (QED) is 0.234. The Balaban J connectivity index is 1.44. The van der Waals surface area contributed by atoms with Crippen molar-refractivity contribution in [1.29, 1.82) is 0 Å². The molecular weight excluding hydrogens is 466 g/mol. The second-order valence-corrected chi connectivity index (χ2v) is 9.62. The minimum atomic E-state index is -0.250. The number of aromatic nitrogens is 4. The fraction of sp³-hybridized carbons (Fsp3) is 0.320. The summed E-state index contributed by atoms with van der Waals surface area (Å²) >= 11 is 2.89. The molecule has 0 spiro atoms. The summed E-state index contributed by atoms with van der Waals surface area (Å²) < 4.78 is 0. The zero-order valence-electron chi connectivity index (χ0n) is 19.0. The van der Waals surface area contributed by atoms with Gasteiger partial charge in [0.05, 0.1) is 40.8 Å². The average molecular weight is 494 g/mol. The highest BCUT2D eigenvalue weighted by Crippen LogP contribution is 2.26. The molecule has 0 radical (unpaired) electrons. The van der Waals surface area contributed by atoms with Gasteiger partial charge in [0.2, 0.25) is 0 Å². The van der Waals surface area contributed by atoms with Crippen LogP contribution in [0, 0.1) is 0 Å². The summed E-state index contributed by atoms with van der Waals surface area (Å²) in [6.45, 7) is 1.90. The van der Waals surface area contributed by atoms with Gasteiger partial charge in [0.1, 0.15) is 16.5 Å². The minimum absolute atomic E-state index is 0.153. The van der Waals surface area contributed by atoms with Crippen LogP contribution in [-0.4, -0.2) is 31.6 Å². The second kappa shape index (κ2) is 11.8. The third-order valence-electron chi connectivity index (χ3n) is 5.65. The van der Waals surface area contributed by atoms with E-state index >= 15 is 0 Å². The van der Waals surface area contributed by atoms with Gasteiger partial charge in [0.25, 0.3) is 5.91 Å². The largest absolute Gasteiger partial charge is 0.341 e. The first-order valence-corrected chi connectivity index (χ1v) is 13.2. The summed E-state index contributed by atoms with van der Waals surface area (Å²) in [5.74, 6) is 0.867. The molecule has 0 saturated heterocycles. The van der Waals surface area contributed by atoms with E-state index in [0.29, 0.717) is 23.5 Å². The van der Waals surface area contributed by atoms with Gasteiger partial charge in [0, 0.05) is 23.8 Å². The Hall–Kier alpha value is -3.17. The van der Waals surface area contributed by atoms with Gasteiger partial charge in [-0.15, -0.1) is 22.7 Å². The van der Waals surface area contributed by atoms with E-state index < -0.39 is 0 Å². The maximum atomic E-state index is 12.7. The van der Waals surface area contributed by atoms with Crippen LogP contribution < -0.4 is 5.32 Å². The van der Waals surface area contributed by atoms with Crippen LogP contribution in [0.2, 0.25) is 0 Å².